The van der Waals surface area contributed by atoms with Gasteiger partial charge in [0.25, 0.3) is 0 Å². The van der Waals surface area contributed by atoms with Gasteiger partial charge in [-0.3, -0.25) is 0 Å². The predicted octanol–water partition coefficient (Wildman–Crippen LogP) is 10.0. The molecule has 1 atom stereocenters. The minimum absolute atomic E-state index is 0.175. The van der Waals surface area contributed by atoms with E-state index in [1.54, 1.807) is 0 Å². The van der Waals surface area contributed by atoms with Crippen molar-refractivity contribution in [1.29, 1.82) is 0 Å². The Balaban J connectivity index is 1.39. The normalized spacial score (nSPS) is 15.5. The van der Waals surface area contributed by atoms with Crippen LogP contribution in [0.1, 0.15) is 69.1 Å². The molecule has 3 aromatic rings. The molecule has 1 unspecified atom stereocenters. The Bertz CT molecular complexity index is 1320. The lowest BCUT2D eigenvalue weighted by Gasteiger charge is -2.20. The molecule has 206 valence electrons. The van der Waals surface area contributed by atoms with E-state index in [2.05, 4.69) is 43.3 Å². The van der Waals surface area contributed by atoms with Gasteiger partial charge in [0.05, 0.1) is 6.61 Å². The van der Waals surface area contributed by atoms with Crippen LogP contribution in [0.2, 0.25) is 0 Å². The zero-order valence-electron chi connectivity index (χ0n) is 22.7. The molecule has 0 saturated heterocycles. The summed E-state index contributed by atoms with van der Waals surface area (Å²) in [5, 5.41) is 0. The molecule has 0 aromatic heterocycles. The number of hydrogen-bond donors (Lipinski definition) is 0. The first-order valence-corrected chi connectivity index (χ1v) is 14.0. The number of aryl methyl sites for hydroxylation is 2. The molecule has 3 aromatic carbocycles. The highest BCUT2D eigenvalue weighted by Crippen LogP contribution is 2.37. The number of hydrogen-bond acceptors (Lipinski definition) is 1. The van der Waals surface area contributed by atoms with E-state index in [1.165, 1.54) is 35.4 Å². The molecule has 0 bridgehead atoms. The highest BCUT2D eigenvalue weighted by atomic mass is 19.2. The van der Waals surface area contributed by atoms with E-state index < -0.39 is 23.3 Å². The lowest BCUT2D eigenvalue weighted by atomic mass is 9.85. The van der Waals surface area contributed by atoms with Gasteiger partial charge < -0.3 is 4.74 Å². The second kappa shape index (κ2) is 13.6. The summed E-state index contributed by atoms with van der Waals surface area (Å²) in [6, 6.07) is 14.1. The van der Waals surface area contributed by atoms with Gasteiger partial charge in [-0.15, -0.1) is 0 Å². The summed E-state index contributed by atoms with van der Waals surface area (Å²) in [5.41, 5.74) is 2.97. The monoisotopic (exact) mass is 536 g/mol. The van der Waals surface area contributed by atoms with Gasteiger partial charge in [0.2, 0.25) is 5.82 Å². The van der Waals surface area contributed by atoms with Crippen LogP contribution in [0.5, 0.6) is 5.75 Å². The van der Waals surface area contributed by atoms with Gasteiger partial charge in [-0.05, 0) is 79.7 Å². The average Bonchev–Trinajstić information content (AvgIpc) is 2.95. The fourth-order valence-corrected chi connectivity index (χ4v) is 5.04. The largest absolute Gasteiger partial charge is 0.490 e. The minimum Gasteiger partial charge on any atom is -0.490 e. The smallest absolute Gasteiger partial charge is 0.201 e. The first-order chi connectivity index (χ1) is 18.9. The summed E-state index contributed by atoms with van der Waals surface area (Å²) in [5.74, 6) is -4.56. The first-order valence-electron chi connectivity index (χ1n) is 14.0. The molecule has 5 heteroatoms. The molecular weight excluding hydrogens is 500 g/mol. The third-order valence-electron chi connectivity index (χ3n) is 7.25. The zero-order valence-corrected chi connectivity index (χ0v) is 22.7. The minimum atomic E-state index is -1.25. The molecule has 1 nitrogen and oxygen atoms in total. The van der Waals surface area contributed by atoms with Crippen LogP contribution >= 0.6 is 0 Å². The van der Waals surface area contributed by atoms with Crippen LogP contribution in [0.4, 0.5) is 17.6 Å². The second-order valence-corrected chi connectivity index (χ2v) is 10.2. The topological polar surface area (TPSA) is 9.23 Å². The number of benzene rings is 3. The maximum atomic E-state index is 15.1. The van der Waals surface area contributed by atoms with E-state index in [9.17, 15) is 8.78 Å². The Morgan fingerprint density at radius 1 is 0.744 bits per heavy atom. The van der Waals surface area contributed by atoms with E-state index in [4.69, 9.17) is 4.74 Å². The third-order valence-corrected chi connectivity index (χ3v) is 7.25. The SMILES string of the molecule is CCCOc1ccc(-c2ccc(C3=CCC(/C=C/CCc4ccc(CCC)cc4)CC3)c(F)c2F)c(F)c1F. The predicted molar refractivity (Wildman–Crippen MR) is 151 cm³/mol. The van der Waals surface area contributed by atoms with Crippen molar-refractivity contribution in [3.63, 3.8) is 0 Å². The zero-order chi connectivity index (χ0) is 27.8. The van der Waals surface area contributed by atoms with Crippen molar-refractivity contribution in [2.45, 2.75) is 65.2 Å². The number of allylic oxidation sites excluding steroid dienone is 4. The molecular formula is C34H36F4O. The summed E-state index contributed by atoms with van der Waals surface area (Å²) < 4.78 is 64.5. The highest BCUT2D eigenvalue weighted by molar-refractivity contribution is 5.72. The first kappa shape index (κ1) is 28.7. The molecule has 0 N–H and O–H groups in total. The third kappa shape index (κ3) is 7.00. The van der Waals surface area contributed by atoms with Crippen molar-refractivity contribution in [3.05, 3.63) is 107 Å². The van der Waals surface area contributed by atoms with Gasteiger partial charge in [0, 0.05) is 16.7 Å². The fourth-order valence-electron chi connectivity index (χ4n) is 5.04. The Labute approximate surface area is 229 Å². The van der Waals surface area contributed by atoms with Gasteiger partial charge in [0.15, 0.2) is 23.2 Å². The molecule has 0 aliphatic heterocycles. The van der Waals surface area contributed by atoms with Gasteiger partial charge in [-0.1, -0.05) is 74.9 Å². The van der Waals surface area contributed by atoms with Crippen molar-refractivity contribution in [1.82, 2.24) is 0 Å². The maximum absolute atomic E-state index is 15.1. The standard InChI is InChI=1S/C34H36F4O/c1-3-7-23-10-12-24(13-11-23)8-5-6-9-25-14-16-26(17-15-25)27-18-19-28(32(36)31(27)35)29-20-21-30(39-22-4-2)34(38)33(29)37/h6,9-13,16,18-21,25H,3-5,7-8,14-15,17,22H2,1-2H3/b9-6+. The van der Waals surface area contributed by atoms with Gasteiger partial charge >= 0.3 is 0 Å². The van der Waals surface area contributed by atoms with Crippen LogP contribution in [-0.4, -0.2) is 6.61 Å². The summed E-state index contributed by atoms with van der Waals surface area (Å²) in [7, 11) is 0. The van der Waals surface area contributed by atoms with Gasteiger partial charge in [0.1, 0.15) is 0 Å². The molecule has 0 fully saturated rings. The molecule has 1 aliphatic rings. The Kier molecular flexibility index (Phi) is 10.0. The molecule has 0 spiro atoms. The lowest BCUT2D eigenvalue weighted by molar-refractivity contribution is 0.295. The maximum Gasteiger partial charge on any atom is 0.201 e. The summed E-state index contributed by atoms with van der Waals surface area (Å²) >= 11 is 0. The van der Waals surface area contributed by atoms with E-state index in [-0.39, 0.29) is 29.0 Å². The molecule has 0 amide bonds. The van der Waals surface area contributed by atoms with Crippen molar-refractivity contribution >= 4 is 5.57 Å². The number of ether oxygens (including phenoxy) is 1. The van der Waals surface area contributed by atoms with Crippen LogP contribution in [0, 0.1) is 29.2 Å². The van der Waals surface area contributed by atoms with E-state index in [0.29, 0.717) is 18.8 Å². The van der Waals surface area contributed by atoms with Crippen LogP contribution in [0.3, 0.4) is 0 Å². The van der Waals surface area contributed by atoms with Crippen LogP contribution in [0.25, 0.3) is 16.7 Å². The molecule has 1 aliphatic carbocycles. The van der Waals surface area contributed by atoms with Gasteiger partial charge in [-0.25, -0.2) is 13.2 Å². The fraction of sp³-hybridized carbons (Fsp3) is 0.353. The van der Waals surface area contributed by atoms with Crippen molar-refractivity contribution in [2.24, 2.45) is 5.92 Å². The summed E-state index contributed by atoms with van der Waals surface area (Å²) in [6.45, 7) is 4.26. The van der Waals surface area contributed by atoms with Crippen LogP contribution in [-0.2, 0) is 12.8 Å². The molecule has 39 heavy (non-hydrogen) atoms. The average molecular weight is 537 g/mol. The second-order valence-electron chi connectivity index (χ2n) is 10.2. The Morgan fingerprint density at radius 3 is 2.00 bits per heavy atom. The van der Waals surface area contributed by atoms with E-state index in [0.717, 1.165) is 44.1 Å². The Morgan fingerprint density at radius 2 is 1.36 bits per heavy atom. The van der Waals surface area contributed by atoms with E-state index >= 15 is 8.78 Å². The summed E-state index contributed by atoms with van der Waals surface area (Å²) in [6.07, 6.45) is 13.5. The number of rotatable bonds is 11. The Hall–Kier alpha value is -3.34. The summed E-state index contributed by atoms with van der Waals surface area (Å²) in [4.78, 5) is 0. The molecule has 4 rings (SSSR count). The quantitative estimate of drug-likeness (QED) is 0.175. The lowest BCUT2D eigenvalue weighted by Crippen LogP contribution is -2.06. The molecule has 0 radical (unpaired) electrons. The van der Waals surface area contributed by atoms with Crippen molar-refractivity contribution in [3.8, 4) is 16.9 Å². The van der Waals surface area contributed by atoms with Crippen LogP contribution < -0.4 is 4.74 Å². The number of halogens is 4. The molecule has 0 heterocycles. The van der Waals surface area contributed by atoms with E-state index in [1.807, 2.05) is 13.0 Å². The van der Waals surface area contributed by atoms with Crippen molar-refractivity contribution < 1.29 is 22.3 Å². The van der Waals surface area contributed by atoms with Gasteiger partial charge in [-0.2, -0.15) is 4.39 Å². The molecule has 0 saturated carbocycles. The van der Waals surface area contributed by atoms with Crippen LogP contribution in [0.15, 0.2) is 66.8 Å². The highest BCUT2D eigenvalue weighted by Gasteiger charge is 2.23. The van der Waals surface area contributed by atoms with Crippen molar-refractivity contribution in [2.75, 3.05) is 6.61 Å².